The smallest absolute Gasteiger partial charge is 0.333 e. The third-order valence-corrected chi connectivity index (χ3v) is 8.66. The molecule has 0 atom stereocenters. The number of pyridine rings is 1. The number of nitrogens with one attached hydrogen (secondary N) is 2. The molecule has 9 nitrogen and oxygen atoms in total. The number of hydrogen-bond acceptors (Lipinski definition) is 7. The van der Waals surface area contributed by atoms with Gasteiger partial charge in [-0.25, -0.2) is 27.4 Å². The van der Waals surface area contributed by atoms with Crippen molar-refractivity contribution in [2.24, 2.45) is 0 Å². The number of benzene rings is 1. The van der Waals surface area contributed by atoms with Crippen molar-refractivity contribution < 1.29 is 18.3 Å². The summed E-state index contributed by atoms with van der Waals surface area (Å²) in [5, 5.41) is 18.6. The minimum Gasteiger partial charge on any atom is -0.386 e. The van der Waals surface area contributed by atoms with E-state index < -0.39 is 21.7 Å². The third kappa shape index (κ3) is 4.17. The highest BCUT2D eigenvalue weighted by molar-refractivity contribution is 7.92. The van der Waals surface area contributed by atoms with Gasteiger partial charge in [-0.05, 0) is 78.9 Å². The molecule has 3 heterocycles. The van der Waals surface area contributed by atoms with E-state index in [9.17, 15) is 18.3 Å². The summed E-state index contributed by atoms with van der Waals surface area (Å²) in [6.07, 6.45) is 5.91. The van der Waals surface area contributed by atoms with E-state index in [-0.39, 0.29) is 4.21 Å². The largest absolute Gasteiger partial charge is 0.386 e. The maximum atomic E-state index is 12.9. The highest BCUT2D eigenvalue weighted by atomic mass is 32.2. The minimum atomic E-state index is -4.11. The highest BCUT2D eigenvalue weighted by Crippen LogP contribution is 2.38. The van der Waals surface area contributed by atoms with Gasteiger partial charge in [0.05, 0.1) is 11.3 Å². The van der Waals surface area contributed by atoms with Gasteiger partial charge < -0.3 is 10.4 Å². The fraction of sp³-hybridized carbons (Fsp3) is 0.261. The molecule has 0 bridgehead atoms. The zero-order valence-electron chi connectivity index (χ0n) is 18.6. The number of carbonyl (C=O) groups is 1. The van der Waals surface area contributed by atoms with E-state index in [0.29, 0.717) is 16.9 Å². The second-order valence-electron chi connectivity index (χ2n) is 8.73. The second-order valence-corrected chi connectivity index (χ2v) is 11.6. The zero-order chi connectivity index (χ0) is 24.1. The van der Waals surface area contributed by atoms with E-state index in [1.165, 1.54) is 12.4 Å². The van der Waals surface area contributed by atoms with E-state index >= 15 is 0 Å². The lowest BCUT2D eigenvalue weighted by Crippen LogP contribution is -2.34. The maximum absolute atomic E-state index is 12.9. The maximum Gasteiger partial charge on any atom is 0.333 e. The zero-order valence-corrected chi connectivity index (χ0v) is 20.2. The molecule has 0 unspecified atom stereocenters. The van der Waals surface area contributed by atoms with Crippen LogP contribution in [0.4, 0.5) is 10.5 Å². The molecule has 0 spiro atoms. The number of sulfonamides is 1. The van der Waals surface area contributed by atoms with Crippen LogP contribution in [0.5, 0.6) is 0 Å². The topological polar surface area (TPSA) is 126 Å². The summed E-state index contributed by atoms with van der Waals surface area (Å²) in [5.41, 5.74) is 4.29. The summed E-state index contributed by atoms with van der Waals surface area (Å²) in [5.74, 6) is 0. The third-order valence-electron chi connectivity index (χ3n) is 5.89. The predicted octanol–water partition coefficient (Wildman–Crippen LogP) is 3.68. The monoisotopic (exact) mass is 497 g/mol. The first-order chi connectivity index (χ1) is 16.1. The molecule has 1 aliphatic carbocycles. The molecule has 5 rings (SSSR count). The van der Waals surface area contributed by atoms with Crippen molar-refractivity contribution in [2.75, 3.05) is 5.32 Å². The van der Waals surface area contributed by atoms with Crippen LogP contribution in [-0.2, 0) is 28.5 Å². The fourth-order valence-corrected chi connectivity index (χ4v) is 6.37. The minimum absolute atomic E-state index is 0.0458. The fourth-order valence-electron chi connectivity index (χ4n) is 4.12. The first kappa shape index (κ1) is 22.5. The van der Waals surface area contributed by atoms with E-state index in [1.54, 1.807) is 29.9 Å². The molecule has 0 saturated carbocycles. The molecule has 1 aromatic carbocycles. The number of urea groups is 1. The van der Waals surface area contributed by atoms with Crippen molar-refractivity contribution in [1.82, 2.24) is 19.3 Å². The van der Waals surface area contributed by atoms with Crippen LogP contribution < -0.4 is 10.0 Å². The Morgan fingerprint density at radius 1 is 1.21 bits per heavy atom. The van der Waals surface area contributed by atoms with Crippen molar-refractivity contribution in [3.8, 4) is 11.1 Å². The predicted molar refractivity (Wildman–Crippen MR) is 129 cm³/mol. The lowest BCUT2D eigenvalue weighted by molar-refractivity contribution is 0.0789. The number of anilines is 1. The highest BCUT2D eigenvalue weighted by Gasteiger charge is 2.26. The standard InChI is InChI=1S/C23H23N5O4S2/c1-23(2,30)16-11-20(33-12-16)34(31,32)27-22(29)26-21-17-5-3-4-14(17)6-7-18(21)15-8-9-28-19(10-15)24-13-25-28/h6-13,30H,3-5H2,1-2H3,(H2,26,27,29). The molecule has 0 fully saturated rings. The van der Waals surface area contributed by atoms with Gasteiger partial charge in [-0.3, -0.25) is 0 Å². The summed E-state index contributed by atoms with van der Waals surface area (Å²) < 4.78 is 29.3. The molecule has 34 heavy (non-hydrogen) atoms. The number of aliphatic hydroxyl groups is 1. The van der Waals surface area contributed by atoms with Crippen LogP contribution in [0.3, 0.4) is 0 Å². The average Bonchev–Trinajstić information content (AvgIpc) is 3.52. The van der Waals surface area contributed by atoms with Gasteiger partial charge in [0, 0.05) is 11.8 Å². The van der Waals surface area contributed by atoms with Crippen LogP contribution in [0.15, 0.2) is 52.4 Å². The van der Waals surface area contributed by atoms with E-state index in [4.69, 9.17) is 0 Å². The number of aryl methyl sites for hydroxylation is 1. The normalized spacial score (nSPS) is 13.7. The van der Waals surface area contributed by atoms with Crippen molar-refractivity contribution in [3.05, 3.63) is 64.9 Å². The van der Waals surface area contributed by atoms with Gasteiger partial charge >= 0.3 is 6.03 Å². The Morgan fingerprint density at radius 2 is 2.03 bits per heavy atom. The van der Waals surface area contributed by atoms with Crippen LogP contribution in [0, 0.1) is 0 Å². The Kier molecular flexibility index (Phi) is 5.42. The molecular weight excluding hydrogens is 474 g/mol. The first-order valence-electron chi connectivity index (χ1n) is 10.7. The van der Waals surface area contributed by atoms with Crippen molar-refractivity contribution in [1.29, 1.82) is 0 Å². The van der Waals surface area contributed by atoms with Crippen LogP contribution in [0.2, 0.25) is 0 Å². The summed E-state index contributed by atoms with van der Waals surface area (Å²) in [7, 11) is -4.11. The van der Waals surface area contributed by atoms with Gasteiger partial charge in [0.15, 0.2) is 5.65 Å². The molecular formula is C23H23N5O4S2. The van der Waals surface area contributed by atoms with Crippen LogP contribution >= 0.6 is 11.3 Å². The number of carbonyl (C=O) groups excluding carboxylic acids is 1. The lowest BCUT2D eigenvalue weighted by atomic mass is 9.98. The summed E-state index contributed by atoms with van der Waals surface area (Å²) in [6, 6.07) is 8.26. The molecule has 0 radical (unpaired) electrons. The Hall–Kier alpha value is -3.28. The molecule has 176 valence electrons. The summed E-state index contributed by atoms with van der Waals surface area (Å²) in [6.45, 7) is 3.14. The number of rotatable bonds is 5. The first-order valence-corrected chi connectivity index (χ1v) is 13.1. The molecule has 1 aliphatic rings. The van der Waals surface area contributed by atoms with Crippen molar-refractivity contribution >= 4 is 38.7 Å². The number of fused-ring (bicyclic) bond motifs is 2. The summed E-state index contributed by atoms with van der Waals surface area (Å²) in [4.78, 5) is 17.1. The molecule has 11 heteroatoms. The van der Waals surface area contributed by atoms with Crippen LogP contribution in [0.25, 0.3) is 16.8 Å². The molecule has 0 aliphatic heterocycles. The summed E-state index contributed by atoms with van der Waals surface area (Å²) >= 11 is 0.948. The van der Waals surface area contributed by atoms with Crippen LogP contribution in [0.1, 0.15) is 37.0 Å². The Bertz CT molecular complexity index is 1520. The van der Waals surface area contributed by atoms with Crippen molar-refractivity contribution in [3.63, 3.8) is 0 Å². The Morgan fingerprint density at radius 3 is 2.79 bits per heavy atom. The Labute approximate surface area is 200 Å². The quantitative estimate of drug-likeness (QED) is 0.386. The molecule has 4 aromatic rings. The van der Waals surface area contributed by atoms with Crippen molar-refractivity contribution in [2.45, 2.75) is 42.9 Å². The molecule has 0 saturated heterocycles. The molecule has 3 aromatic heterocycles. The Balaban J connectivity index is 1.46. The lowest BCUT2D eigenvalue weighted by Gasteiger charge is -2.17. The number of thiophene rings is 1. The van der Waals surface area contributed by atoms with E-state index in [2.05, 4.69) is 26.2 Å². The van der Waals surface area contributed by atoms with Crippen LogP contribution in [-0.4, -0.2) is 34.2 Å². The number of hydrogen-bond donors (Lipinski definition) is 3. The number of amides is 2. The average molecular weight is 498 g/mol. The molecule has 3 N–H and O–H groups in total. The van der Waals surface area contributed by atoms with Gasteiger partial charge in [0.25, 0.3) is 10.0 Å². The van der Waals surface area contributed by atoms with E-state index in [1.807, 2.05) is 18.2 Å². The van der Waals surface area contributed by atoms with Gasteiger partial charge in [-0.2, -0.15) is 5.10 Å². The van der Waals surface area contributed by atoms with Gasteiger partial charge in [-0.15, -0.1) is 11.3 Å². The van der Waals surface area contributed by atoms with Gasteiger partial charge in [0.2, 0.25) is 0 Å². The number of nitrogens with zero attached hydrogens (tertiary/aromatic N) is 3. The number of aromatic nitrogens is 3. The van der Waals surface area contributed by atoms with Gasteiger partial charge in [0.1, 0.15) is 10.5 Å². The van der Waals surface area contributed by atoms with E-state index in [0.717, 1.165) is 52.9 Å². The second kappa shape index (κ2) is 8.19. The molecule has 2 amide bonds. The SMILES string of the molecule is CC(C)(O)c1csc(S(=O)(=O)NC(=O)Nc2c(-c3ccn4ncnc4c3)ccc3c2CCC3)c1. The van der Waals surface area contributed by atoms with Gasteiger partial charge in [-0.1, -0.05) is 12.1 Å².